The van der Waals surface area contributed by atoms with Gasteiger partial charge in [-0.25, -0.2) is 9.69 Å². The molecule has 4 rings (SSSR count). The number of aromatic nitrogens is 1. The van der Waals surface area contributed by atoms with Crippen LogP contribution in [0, 0.1) is 17.4 Å². The second kappa shape index (κ2) is 9.22. The maximum absolute atomic E-state index is 13.3. The van der Waals surface area contributed by atoms with Crippen molar-refractivity contribution in [2.24, 2.45) is 0 Å². The summed E-state index contributed by atoms with van der Waals surface area (Å²) < 4.78 is 8.74. The standard InChI is InChI=1S/C25H22IN3O4/c1-4-33-22-11-6-5-10-21(22)29-24(31)20(23(30)27-25(29)32)13-17-12-15(2)28(16(17)3)19-9-7-8-18(26)14-19/h5-14H,4H2,1-3H3,(H,27,30,32)/b20-13+. The summed E-state index contributed by atoms with van der Waals surface area (Å²) in [6.07, 6.45) is 1.53. The van der Waals surface area contributed by atoms with Gasteiger partial charge in [0.05, 0.1) is 12.3 Å². The Hall–Kier alpha value is -3.40. The second-order valence-corrected chi connectivity index (χ2v) is 8.75. The van der Waals surface area contributed by atoms with Crippen molar-refractivity contribution in [3.63, 3.8) is 0 Å². The molecule has 0 spiro atoms. The number of nitrogens with zero attached hydrogens (tertiary/aromatic N) is 2. The van der Waals surface area contributed by atoms with Gasteiger partial charge in [-0.05, 0) is 91.4 Å². The first-order valence-electron chi connectivity index (χ1n) is 10.4. The lowest BCUT2D eigenvalue weighted by molar-refractivity contribution is -0.122. The summed E-state index contributed by atoms with van der Waals surface area (Å²) in [5.41, 5.74) is 3.70. The molecule has 1 aliphatic heterocycles. The summed E-state index contributed by atoms with van der Waals surface area (Å²) in [6.45, 7) is 6.07. The van der Waals surface area contributed by atoms with Gasteiger partial charge in [0, 0.05) is 20.6 Å². The summed E-state index contributed by atoms with van der Waals surface area (Å²) >= 11 is 2.26. The molecular formula is C25H22IN3O4. The number of anilines is 1. The molecule has 0 unspecified atom stereocenters. The Balaban J connectivity index is 1.77. The lowest BCUT2D eigenvalue weighted by atomic mass is 10.1. The second-order valence-electron chi connectivity index (χ2n) is 7.50. The summed E-state index contributed by atoms with van der Waals surface area (Å²) in [5, 5.41) is 2.27. The molecule has 0 bridgehead atoms. The number of nitrogens with one attached hydrogen (secondary N) is 1. The van der Waals surface area contributed by atoms with Crippen molar-refractivity contribution in [3.8, 4) is 11.4 Å². The minimum Gasteiger partial charge on any atom is -0.492 e. The molecule has 2 aromatic carbocycles. The van der Waals surface area contributed by atoms with Gasteiger partial charge in [-0.2, -0.15) is 0 Å². The van der Waals surface area contributed by atoms with Crippen LogP contribution in [0.25, 0.3) is 11.8 Å². The van der Waals surface area contributed by atoms with Crippen molar-refractivity contribution < 1.29 is 19.1 Å². The smallest absolute Gasteiger partial charge is 0.336 e. The van der Waals surface area contributed by atoms with Crippen molar-refractivity contribution in [2.75, 3.05) is 11.5 Å². The zero-order valence-electron chi connectivity index (χ0n) is 18.4. The Morgan fingerprint density at radius 1 is 1.03 bits per heavy atom. The summed E-state index contributed by atoms with van der Waals surface area (Å²) in [7, 11) is 0. The van der Waals surface area contributed by atoms with Crippen molar-refractivity contribution >= 4 is 52.2 Å². The Kier molecular flexibility index (Phi) is 6.37. The minimum absolute atomic E-state index is 0.121. The van der Waals surface area contributed by atoms with E-state index in [9.17, 15) is 14.4 Å². The van der Waals surface area contributed by atoms with Crippen LogP contribution in [-0.2, 0) is 9.59 Å². The van der Waals surface area contributed by atoms with Crippen LogP contribution in [0.2, 0.25) is 0 Å². The maximum Gasteiger partial charge on any atom is 0.336 e. The number of carbonyl (C=O) groups is 3. The topological polar surface area (TPSA) is 80.6 Å². The van der Waals surface area contributed by atoms with Gasteiger partial charge in [0.1, 0.15) is 11.3 Å². The van der Waals surface area contributed by atoms with Gasteiger partial charge >= 0.3 is 6.03 Å². The van der Waals surface area contributed by atoms with Gasteiger partial charge in [0.15, 0.2) is 0 Å². The molecule has 8 heteroatoms. The number of carbonyl (C=O) groups excluding carboxylic acids is 3. The third-order valence-electron chi connectivity index (χ3n) is 5.34. The van der Waals surface area contributed by atoms with Crippen LogP contribution < -0.4 is 15.0 Å². The molecule has 168 valence electrons. The predicted molar refractivity (Wildman–Crippen MR) is 135 cm³/mol. The van der Waals surface area contributed by atoms with Crippen LogP contribution in [-0.4, -0.2) is 29.0 Å². The van der Waals surface area contributed by atoms with E-state index in [0.29, 0.717) is 12.4 Å². The molecule has 4 amide bonds. The number of barbiturate groups is 1. The van der Waals surface area contributed by atoms with Crippen LogP contribution in [0.1, 0.15) is 23.9 Å². The molecule has 0 saturated carbocycles. The third-order valence-corrected chi connectivity index (χ3v) is 6.02. The Morgan fingerprint density at radius 2 is 1.79 bits per heavy atom. The SMILES string of the molecule is CCOc1ccccc1N1C(=O)NC(=O)/C(=C\c2cc(C)n(-c3cccc(I)c3)c2C)C1=O. The fourth-order valence-electron chi connectivity index (χ4n) is 3.90. The monoisotopic (exact) mass is 555 g/mol. The fourth-order valence-corrected chi connectivity index (χ4v) is 4.42. The molecule has 2 heterocycles. The summed E-state index contributed by atoms with van der Waals surface area (Å²) in [5.74, 6) is -1.04. The van der Waals surface area contributed by atoms with E-state index >= 15 is 0 Å². The van der Waals surface area contributed by atoms with Crippen LogP contribution in [0.3, 0.4) is 0 Å². The first-order chi connectivity index (χ1) is 15.8. The van der Waals surface area contributed by atoms with Gasteiger partial charge in [-0.1, -0.05) is 18.2 Å². The minimum atomic E-state index is -0.807. The first-order valence-corrected chi connectivity index (χ1v) is 11.5. The number of halogens is 1. The molecule has 1 N–H and O–H groups in total. The molecule has 0 atom stereocenters. The van der Waals surface area contributed by atoms with E-state index in [0.717, 1.165) is 31.1 Å². The number of urea groups is 1. The molecule has 3 aromatic rings. The van der Waals surface area contributed by atoms with Crippen LogP contribution in [0.5, 0.6) is 5.75 Å². The van der Waals surface area contributed by atoms with Gasteiger partial charge in [-0.3, -0.25) is 14.9 Å². The lowest BCUT2D eigenvalue weighted by Crippen LogP contribution is -2.54. The average molecular weight is 555 g/mol. The lowest BCUT2D eigenvalue weighted by Gasteiger charge is -2.27. The van der Waals surface area contributed by atoms with E-state index in [1.54, 1.807) is 24.3 Å². The van der Waals surface area contributed by atoms with Crippen molar-refractivity contribution in [2.45, 2.75) is 20.8 Å². The van der Waals surface area contributed by atoms with E-state index in [4.69, 9.17) is 4.74 Å². The van der Waals surface area contributed by atoms with Gasteiger partial charge in [0.2, 0.25) is 0 Å². The van der Waals surface area contributed by atoms with E-state index in [2.05, 4.69) is 38.5 Å². The molecular weight excluding hydrogens is 533 g/mol. The van der Waals surface area contributed by atoms with Gasteiger partial charge in [0.25, 0.3) is 11.8 Å². The predicted octanol–water partition coefficient (Wildman–Crippen LogP) is 4.76. The number of amides is 4. The maximum atomic E-state index is 13.3. The van der Waals surface area contributed by atoms with E-state index < -0.39 is 17.8 Å². The zero-order valence-corrected chi connectivity index (χ0v) is 20.5. The van der Waals surface area contributed by atoms with Gasteiger partial charge in [-0.15, -0.1) is 0 Å². The zero-order chi connectivity index (χ0) is 23.7. The Bertz CT molecular complexity index is 1310. The third kappa shape index (κ3) is 4.30. The van der Waals surface area contributed by atoms with Crippen molar-refractivity contribution in [3.05, 3.63) is 80.7 Å². The molecule has 33 heavy (non-hydrogen) atoms. The molecule has 1 fully saturated rings. The number of para-hydroxylation sites is 2. The van der Waals surface area contributed by atoms with Gasteiger partial charge < -0.3 is 9.30 Å². The normalized spacial score (nSPS) is 15.2. The highest BCUT2D eigenvalue weighted by Crippen LogP contribution is 2.32. The summed E-state index contributed by atoms with van der Waals surface area (Å²) in [4.78, 5) is 39.5. The van der Waals surface area contributed by atoms with Crippen LogP contribution in [0.4, 0.5) is 10.5 Å². The number of hydrogen-bond acceptors (Lipinski definition) is 4. The average Bonchev–Trinajstić information content (AvgIpc) is 3.05. The van der Waals surface area contributed by atoms with E-state index in [-0.39, 0.29) is 11.3 Å². The molecule has 0 aliphatic carbocycles. The summed E-state index contributed by atoms with van der Waals surface area (Å²) in [6, 6.07) is 15.9. The van der Waals surface area contributed by atoms with E-state index in [1.165, 1.54) is 6.08 Å². The Morgan fingerprint density at radius 3 is 2.52 bits per heavy atom. The van der Waals surface area contributed by atoms with Crippen LogP contribution in [0.15, 0.2) is 60.2 Å². The number of ether oxygens (including phenoxy) is 1. The van der Waals surface area contributed by atoms with E-state index in [1.807, 2.05) is 45.0 Å². The quantitative estimate of drug-likeness (QED) is 0.280. The highest BCUT2D eigenvalue weighted by molar-refractivity contribution is 14.1. The number of hydrogen-bond donors (Lipinski definition) is 1. The molecule has 1 aliphatic rings. The largest absolute Gasteiger partial charge is 0.492 e. The number of benzene rings is 2. The van der Waals surface area contributed by atoms with Crippen molar-refractivity contribution in [1.82, 2.24) is 9.88 Å². The molecule has 7 nitrogen and oxygen atoms in total. The highest BCUT2D eigenvalue weighted by Gasteiger charge is 2.38. The highest BCUT2D eigenvalue weighted by atomic mass is 127. The van der Waals surface area contributed by atoms with Crippen LogP contribution >= 0.6 is 22.6 Å². The number of aryl methyl sites for hydroxylation is 1. The van der Waals surface area contributed by atoms with Crippen molar-refractivity contribution in [1.29, 1.82) is 0 Å². The number of rotatable bonds is 5. The Labute approximate surface area is 205 Å². The molecule has 1 saturated heterocycles. The first kappa shape index (κ1) is 22.8. The molecule has 0 radical (unpaired) electrons. The number of imide groups is 2. The molecule has 1 aromatic heterocycles. The fraction of sp³-hybridized carbons (Fsp3) is 0.160.